The number of unbranched alkanes of at least 4 members (excludes halogenated alkanes) is 1. The van der Waals surface area contributed by atoms with Crippen molar-refractivity contribution in [2.75, 3.05) is 13.2 Å². The molecule has 0 aliphatic carbocycles. The summed E-state index contributed by atoms with van der Waals surface area (Å²) in [7, 11) is 0. The van der Waals surface area contributed by atoms with E-state index < -0.39 is 17.7 Å². The topological polar surface area (TPSA) is 87.1 Å². The SMILES string of the molecule is CCCCN1C(=O)C(O)=C(C(=O)CC(C)C)C1c1ccc(O)c(OCC)c1. The summed E-state index contributed by atoms with van der Waals surface area (Å²) in [5.74, 6) is -0.824. The van der Waals surface area contributed by atoms with Crippen molar-refractivity contribution >= 4 is 11.7 Å². The van der Waals surface area contributed by atoms with Crippen LogP contribution in [0.4, 0.5) is 0 Å². The monoisotopic (exact) mass is 375 g/mol. The first-order chi connectivity index (χ1) is 12.8. The fraction of sp³-hybridized carbons (Fsp3) is 0.524. The zero-order chi connectivity index (χ0) is 20.1. The second-order valence-corrected chi connectivity index (χ2v) is 7.20. The van der Waals surface area contributed by atoms with Crippen LogP contribution in [-0.2, 0) is 9.59 Å². The highest BCUT2D eigenvalue weighted by molar-refractivity contribution is 6.09. The molecule has 2 rings (SSSR count). The lowest BCUT2D eigenvalue weighted by molar-refractivity contribution is -0.129. The van der Waals surface area contributed by atoms with E-state index in [1.807, 2.05) is 27.7 Å². The lowest BCUT2D eigenvalue weighted by Gasteiger charge is -2.27. The number of hydrogen-bond donors (Lipinski definition) is 2. The highest BCUT2D eigenvalue weighted by Gasteiger charge is 2.43. The summed E-state index contributed by atoms with van der Waals surface area (Å²) in [5.41, 5.74) is 0.773. The predicted octanol–water partition coefficient (Wildman–Crippen LogP) is 3.90. The van der Waals surface area contributed by atoms with E-state index in [9.17, 15) is 19.8 Å². The Morgan fingerprint density at radius 2 is 1.96 bits per heavy atom. The van der Waals surface area contributed by atoms with Gasteiger partial charge in [0.1, 0.15) is 0 Å². The summed E-state index contributed by atoms with van der Waals surface area (Å²) in [6, 6.07) is 4.12. The van der Waals surface area contributed by atoms with Gasteiger partial charge >= 0.3 is 0 Å². The minimum Gasteiger partial charge on any atom is -0.504 e. The van der Waals surface area contributed by atoms with Crippen molar-refractivity contribution in [2.45, 2.75) is 53.0 Å². The number of aromatic hydroxyl groups is 1. The Morgan fingerprint density at radius 1 is 1.26 bits per heavy atom. The first-order valence-electron chi connectivity index (χ1n) is 9.54. The van der Waals surface area contributed by atoms with Crippen LogP contribution in [0.3, 0.4) is 0 Å². The van der Waals surface area contributed by atoms with Gasteiger partial charge in [-0.15, -0.1) is 0 Å². The summed E-state index contributed by atoms with van der Waals surface area (Å²) < 4.78 is 5.45. The quantitative estimate of drug-likeness (QED) is 0.683. The minimum atomic E-state index is -0.671. The molecule has 1 aliphatic rings. The molecule has 6 nitrogen and oxygen atoms in total. The molecule has 1 aromatic carbocycles. The van der Waals surface area contributed by atoms with E-state index in [1.165, 1.54) is 11.0 Å². The number of ketones is 1. The maximum absolute atomic E-state index is 12.8. The van der Waals surface area contributed by atoms with Crippen molar-refractivity contribution < 1.29 is 24.5 Å². The van der Waals surface area contributed by atoms with Gasteiger partial charge in [-0.05, 0) is 37.0 Å². The van der Waals surface area contributed by atoms with E-state index in [0.29, 0.717) is 24.5 Å². The van der Waals surface area contributed by atoms with E-state index in [4.69, 9.17) is 4.74 Å². The maximum Gasteiger partial charge on any atom is 0.290 e. The van der Waals surface area contributed by atoms with Gasteiger partial charge in [-0.2, -0.15) is 0 Å². The molecule has 27 heavy (non-hydrogen) atoms. The molecular formula is C21H29NO5. The van der Waals surface area contributed by atoms with Gasteiger partial charge in [0.2, 0.25) is 0 Å². The van der Waals surface area contributed by atoms with Crippen LogP contribution in [0.25, 0.3) is 0 Å². The number of Topliss-reactive ketones (excluding diaryl/α,β-unsaturated/α-hetero) is 1. The zero-order valence-electron chi connectivity index (χ0n) is 16.5. The summed E-state index contributed by atoms with van der Waals surface area (Å²) >= 11 is 0. The third kappa shape index (κ3) is 4.43. The number of ether oxygens (including phenoxy) is 1. The summed E-state index contributed by atoms with van der Waals surface area (Å²) in [5, 5.41) is 20.4. The molecule has 1 aliphatic heterocycles. The van der Waals surface area contributed by atoms with Crippen LogP contribution in [-0.4, -0.2) is 40.0 Å². The Bertz CT molecular complexity index is 738. The Labute approximate surface area is 160 Å². The first kappa shape index (κ1) is 20.8. The minimum absolute atomic E-state index is 0.00621. The summed E-state index contributed by atoms with van der Waals surface area (Å²) in [6.07, 6.45) is 1.89. The van der Waals surface area contributed by atoms with Gasteiger partial charge < -0.3 is 19.8 Å². The zero-order valence-corrected chi connectivity index (χ0v) is 16.5. The molecule has 1 amide bonds. The van der Waals surface area contributed by atoms with Gasteiger partial charge in [-0.1, -0.05) is 33.3 Å². The smallest absolute Gasteiger partial charge is 0.290 e. The molecule has 148 valence electrons. The molecule has 0 saturated carbocycles. The van der Waals surface area contributed by atoms with Crippen molar-refractivity contribution in [1.82, 2.24) is 4.90 Å². The molecule has 2 N–H and O–H groups in total. The van der Waals surface area contributed by atoms with Crippen molar-refractivity contribution in [3.05, 3.63) is 35.1 Å². The second kappa shape index (κ2) is 8.93. The van der Waals surface area contributed by atoms with E-state index in [-0.39, 0.29) is 29.4 Å². The molecule has 1 unspecified atom stereocenters. The fourth-order valence-corrected chi connectivity index (χ4v) is 3.30. The van der Waals surface area contributed by atoms with E-state index in [0.717, 1.165) is 12.8 Å². The van der Waals surface area contributed by atoms with Crippen molar-refractivity contribution in [1.29, 1.82) is 0 Å². The number of carbonyl (C=O) groups is 2. The van der Waals surface area contributed by atoms with Crippen LogP contribution < -0.4 is 4.74 Å². The average Bonchev–Trinajstić information content (AvgIpc) is 2.86. The second-order valence-electron chi connectivity index (χ2n) is 7.20. The van der Waals surface area contributed by atoms with Crippen molar-refractivity contribution in [2.24, 2.45) is 5.92 Å². The molecule has 0 saturated heterocycles. The Hall–Kier alpha value is -2.50. The van der Waals surface area contributed by atoms with E-state index >= 15 is 0 Å². The number of benzene rings is 1. The number of hydrogen-bond acceptors (Lipinski definition) is 5. The molecule has 6 heteroatoms. The lowest BCUT2D eigenvalue weighted by Crippen LogP contribution is -2.32. The van der Waals surface area contributed by atoms with Crippen molar-refractivity contribution in [3.8, 4) is 11.5 Å². The van der Waals surface area contributed by atoms with E-state index in [1.54, 1.807) is 12.1 Å². The number of rotatable bonds is 9. The highest BCUT2D eigenvalue weighted by Crippen LogP contribution is 2.41. The van der Waals surface area contributed by atoms with Crippen LogP contribution in [0.1, 0.15) is 58.6 Å². The molecule has 0 bridgehead atoms. The summed E-state index contributed by atoms with van der Waals surface area (Å²) in [6.45, 7) is 8.48. The third-order valence-electron chi connectivity index (χ3n) is 4.55. The number of nitrogens with zero attached hydrogens (tertiary/aromatic N) is 1. The van der Waals surface area contributed by atoms with Gasteiger partial charge in [-0.3, -0.25) is 9.59 Å². The third-order valence-corrected chi connectivity index (χ3v) is 4.55. The van der Waals surface area contributed by atoms with Crippen molar-refractivity contribution in [3.63, 3.8) is 0 Å². The van der Waals surface area contributed by atoms with Gasteiger partial charge in [0.05, 0.1) is 18.2 Å². The highest BCUT2D eigenvalue weighted by atomic mass is 16.5. The predicted molar refractivity (Wildman–Crippen MR) is 103 cm³/mol. The van der Waals surface area contributed by atoms with E-state index in [2.05, 4.69) is 0 Å². The van der Waals surface area contributed by atoms with Crippen LogP contribution in [0.15, 0.2) is 29.5 Å². The number of carbonyl (C=O) groups excluding carboxylic acids is 2. The van der Waals surface area contributed by atoms with Gasteiger partial charge in [0.25, 0.3) is 5.91 Å². The lowest BCUT2D eigenvalue weighted by atomic mass is 9.92. The molecule has 1 atom stereocenters. The molecular weight excluding hydrogens is 346 g/mol. The first-order valence-corrected chi connectivity index (χ1v) is 9.54. The number of phenols is 1. The van der Waals surface area contributed by atoms with Crippen LogP contribution in [0.5, 0.6) is 11.5 Å². The number of amides is 1. The molecule has 1 aromatic rings. The van der Waals surface area contributed by atoms with Crippen LogP contribution >= 0.6 is 0 Å². The average molecular weight is 375 g/mol. The van der Waals surface area contributed by atoms with Gasteiger partial charge in [0, 0.05) is 13.0 Å². The number of aliphatic hydroxyl groups is 1. The fourth-order valence-electron chi connectivity index (χ4n) is 3.30. The van der Waals surface area contributed by atoms with Gasteiger partial charge in [-0.25, -0.2) is 0 Å². The number of phenolic OH excluding ortho intramolecular Hbond substituents is 1. The molecule has 0 radical (unpaired) electrons. The Kier molecular flexibility index (Phi) is 6.88. The molecule has 0 fully saturated rings. The Balaban J connectivity index is 2.52. The molecule has 1 heterocycles. The van der Waals surface area contributed by atoms with Crippen LogP contribution in [0.2, 0.25) is 0 Å². The Morgan fingerprint density at radius 3 is 2.56 bits per heavy atom. The number of aliphatic hydroxyl groups excluding tert-OH is 1. The largest absolute Gasteiger partial charge is 0.504 e. The standard InChI is InChI=1S/C21H29NO5/c1-5-7-10-22-19(14-8-9-15(23)17(12-14)27-6-2)18(20(25)21(22)26)16(24)11-13(3)4/h8-9,12-13,19,23,25H,5-7,10-11H2,1-4H3. The maximum atomic E-state index is 12.8. The summed E-state index contributed by atoms with van der Waals surface area (Å²) in [4.78, 5) is 27.0. The van der Waals surface area contributed by atoms with Crippen LogP contribution in [0, 0.1) is 5.92 Å². The normalized spacial score (nSPS) is 17.1. The van der Waals surface area contributed by atoms with Gasteiger partial charge in [0.15, 0.2) is 23.0 Å². The molecule has 0 aromatic heterocycles. The molecule has 0 spiro atoms.